The number of pyridine rings is 1. The number of hydrogen-bond acceptors (Lipinski definition) is 4. The van der Waals surface area contributed by atoms with E-state index in [1.165, 1.54) is 0 Å². The van der Waals surface area contributed by atoms with Gasteiger partial charge in [-0.15, -0.1) is 0 Å². The molecule has 0 spiro atoms. The van der Waals surface area contributed by atoms with Crippen molar-refractivity contribution in [3.63, 3.8) is 0 Å². The van der Waals surface area contributed by atoms with Crippen molar-refractivity contribution in [1.82, 2.24) is 10.3 Å². The normalized spacial score (nSPS) is 22.8. The lowest BCUT2D eigenvalue weighted by Crippen LogP contribution is -2.30. The Hall–Kier alpha value is -0.460. The van der Waals surface area contributed by atoms with Crippen molar-refractivity contribution in [3.8, 4) is 0 Å². The number of aromatic nitrogens is 1. The summed E-state index contributed by atoms with van der Waals surface area (Å²) in [5.41, 5.74) is 1.03. The van der Waals surface area contributed by atoms with Crippen LogP contribution >= 0.6 is 15.9 Å². The van der Waals surface area contributed by atoms with Crippen LogP contribution in [-0.2, 0) is 16.3 Å². The summed E-state index contributed by atoms with van der Waals surface area (Å²) in [4.78, 5) is 4.41. The molecule has 0 aromatic carbocycles. The van der Waals surface area contributed by atoms with Crippen molar-refractivity contribution in [2.24, 2.45) is 11.8 Å². The first-order valence-corrected chi connectivity index (χ1v) is 9.63. The van der Waals surface area contributed by atoms with Gasteiger partial charge in [-0.25, -0.2) is 8.42 Å². The number of halogens is 1. The van der Waals surface area contributed by atoms with Crippen molar-refractivity contribution < 1.29 is 8.42 Å². The number of rotatable bonds is 6. The number of hydrogen-bond donors (Lipinski definition) is 1. The fraction of sp³-hybridized carbons (Fsp3) is 0.643. The van der Waals surface area contributed by atoms with Gasteiger partial charge in [-0.2, -0.15) is 0 Å². The molecule has 2 rings (SSSR count). The van der Waals surface area contributed by atoms with Crippen LogP contribution in [-0.4, -0.2) is 38.0 Å². The summed E-state index contributed by atoms with van der Waals surface area (Å²) < 4.78 is 24.3. The van der Waals surface area contributed by atoms with Gasteiger partial charge in [0, 0.05) is 16.4 Å². The van der Waals surface area contributed by atoms with Crippen molar-refractivity contribution in [2.45, 2.75) is 19.8 Å². The number of nitrogens with zero attached hydrogens (tertiary/aromatic N) is 1. The van der Waals surface area contributed by atoms with Crippen LogP contribution in [0, 0.1) is 11.8 Å². The summed E-state index contributed by atoms with van der Waals surface area (Å²) in [5.74, 6) is 1.26. The third-order valence-corrected chi connectivity index (χ3v) is 6.11. The standard InChI is InChI=1S/C14H21BrN2O2S/c1-2-16-8-12(11-5-6-20(18,19)10-11)7-14-4-3-13(15)9-17-14/h3-4,9,11-12,16H,2,5-8,10H2,1H3. The van der Waals surface area contributed by atoms with Crippen molar-refractivity contribution in [1.29, 1.82) is 0 Å². The second-order valence-corrected chi connectivity index (χ2v) is 8.55. The Labute approximate surface area is 129 Å². The molecule has 0 amide bonds. The number of sulfone groups is 1. The van der Waals surface area contributed by atoms with E-state index in [2.05, 4.69) is 33.2 Å². The molecule has 1 saturated heterocycles. The average Bonchev–Trinajstić information content (AvgIpc) is 2.77. The van der Waals surface area contributed by atoms with E-state index >= 15 is 0 Å². The Bertz CT molecular complexity index is 531. The molecule has 0 radical (unpaired) electrons. The van der Waals surface area contributed by atoms with E-state index in [0.29, 0.717) is 17.4 Å². The molecule has 1 aromatic rings. The molecule has 2 atom stereocenters. The molecule has 2 unspecified atom stereocenters. The van der Waals surface area contributed by atoms with Gasteiger partial charge in [0.25, 0.3) is 0 Å². The minimum absolute atomic E-state index is 0.254. The van der Waals surface area contributed by atoms with E-state index in [4.69, 9.17) is 0 Å². The second-order valence-electron chi connectivity index (χ2n) is 5.40. The van der Waals surface area contributed by atoms with E-state index < -0.39 is 9.84 Å². The molecule has 112 valence electrons. The molecule has 1 aliphatic heterocycles. The maximum atomic E-state index is 11.7. The Morgan fingerprint density at radius 1 is 1.50 bits per heavy atom. The van der Waals surface area contributed by atoms with Crippen LogP contribution in [0.25, 0.3) is 0 Å². The summed E-state index contributed by atoms with van der Waals surface area (Å²) in [6, 6.07) is 3.99. The highest BCUT2D eigenvalue weighted by Gasteiger charge is 2.33. The van der Waals surface area contributed by atoms with Crippen molar-refractivity contribution in [2.75, 3.05) is 24.6 Å². The SMILES string of the molecule is CCNCC(Cc1ccc(Br)cn1)C1CCS(=O)(=O)C1. The van der Waals surface area contributed by atoms with Crippen LogP contribution in [0.5, 0.6) is 0 Å². The molecule has 1 aliphatic rings. The summed E-state index contributed by atoms with van der Waals surface area (Å²) in [5, 5.41) is 3.35. The van der Waals surface area contributed by atoms with E-state index in [1.54, 1.807) is 6.20 Å². The van der Waals surface area contributed by atoms with Crippen LogP contribution in [0.15, 0.2) is 22.8 Å². The fourth-order valence-electron chi connectivity index (χ4n) is 2.73. The first-order chi connectivity index (χ1) is 9.50. The molecular weight excluding hydrogens is 340 g/mol. The fourth-order valence-corrected chi connectivity index (χ4v) is 4.88. The zero-order valence-corrected chi connectivity index (χ0v) is 14.1. The highest BCUT2D eigenvalue weighted by molar-refractivity contribution is 9.10. The quantitative estimate of drug-likeness (QED) is 0.843. The van der Waals surface area contributed by atoms with Crippen LogP contribution in [0.4, 0.5) is 0 Å². The molecule has 4 nitrogen and oxygen atoms in total. The minimum Gasteiger partial charge on any atom is -0.317 e. The Kier molecular flexibility index (Phi) is 5.57. The van der Waals surface area contributed by atoms with Gasteiger partial charge in [-0.3, -0.25) is 4.98 Å². The minimum atomic E-state index is -2.82. The van der Waals surface area contributed by atoms with Gasteiger partial charge in [0.2, 0.25) is 0 Å². The molecule has 0 aliphatic carbocycles. The lowest BCUT2D eigenvalue weighted by atomic mass is 9.87. The van der Waals surface area contributed by atoms with Crippen molar-refractivity contribution in [3.05, 3.63) is 28.5 Å². The van der Waals surface area contributed by atoms with Gasteiger partial charge < -0.3 is 5.32 Å². The average molecular weight is 361 g/mol. The smallest absolute Gasteiger partial charge is 0.150 e. The molecule has 2 heterocycles. The van der Waals surface area contributed by atoms with Crippen LogP contribution < -0.4 is 5.32 Å². The topological polar surface area (TPSA) is 59.1 Å². The summed E-state index contributed by atoms with van der Waals surface area (Å²) in [6.07, 6.45) is 3.42. The summed E-state index contributed by atoms with van der Waals surface area (Å²) >= 11 is 3.38. The third-order valence-electron chi connectivity index (χ3n) is 3.85. The maximum Gasteiger partial charge on any atom is 0.150 e. The predicted molar refractivity (Wildman–Crippen MR) is 84.4 cm³/mol. The van der Waals surface area contributed by atoms with Gasteiger partial charge in [-0.1, -0.05) is 6.92 Å². The Balaban J connectivity index is 2.05. The zero-order chi connectivity index (χ0) is 14.6. The molecule has 1 fully saturated rings. The first-order valence-electron chi connectivity index (χ1n) is 7.01. The summed E-state index contributed by atoms with van der Waals surface area (Å²) in [6.45, 7) is 3.83. The van der Waals surface area contributed by atoms with Gasteiger partial charge >= 0.3 is 0 Å². The molecule has 0 bridgehead atoms. The Morgan fingerprint density at radius 3 is 2.85 bits per heavy atom. The highest BCUT2D eigenvalue weighted by Crippen LogP contribution is 2.28. The lowest BCUT2D eigenvalue weighted by Gasteiger charge is -2.22. The number of nitrogens with one attached hydrogen (secondary N) is 1. The van der Waals surface area contributed by atoms with E-state index in [9.17, 15) is 8.42 Å². The molecular formula is C14H21BrN2O2S. The van der Waals surface area contributed by atoms with Gasteiger partial charge in [-0.05, 0) is 65.8 Å². The Morgan fingerprint density at radius 2 is 2.30 bits per heavy atom. The van der Waals surface area contributed by atoms with Crippen LogP contribution in [0.2, 0.25) is 0 Å². The van der Waals surface area contributed by atoms with E-state index in [0.717, 1.165) is 36.1 Å². The lowest BCUT2D eigenvalue weighted by molar-refractivity contribution is 0.343. The largest absolute Gasteiger partial charge is 0.317 e. The van der Waals surface area contributed by atoms with Crippen molar-refractivity contribution >= 4 is 25.8 Å². The highest BCUT2D eigenvalue weighted by atomic mass is 79.9. The molecule has 20 heavy (non-hydrogen) atoms. The first kappa shape index (κ1) is 15.9. The molecule has 6 heteroatoms. The molecule has 0 saturated carbocycles. The van der Waals surface area contributed by atoms with Crippen LogP contribution in [0.1, 0.15) is 19.0 Å². The predicted octanol–water partition coefficient (Wildman–Crippen LogP) is 2.05. The molecule has 1 N–H and O–H groups in total. The van der Waals surface area contributed by atoms with Gasteiger partial charge in [0.1, 0.15) is 0 Å². The second kappa shape index (κ2) is 7.00. The summed E-state index contributed by atoms with van der Waals surface area (Å²) in [7, 11) is -2.82. The zero-order valence-electron chi connectivity index (χ0n) is 11.7. The third kappa shape index (κ3) is 4.53. The van der Waals surface area contributed by atoms with Crippen LogP contribution in [0.3, 0.4) is 0 Å². The molecule has 1 aromatic heterocycles. The van der Waals surface area contributed by atoms with Gasteiger partial charge in [0.15, 0.2) is 9.84 Å². The van der Waals surface area contributed by atoms with Gasteiger partial charge in [0.05, 0.1) is 11.5 Å². The monoisotopic (exact) mass is 360 g/mol. The van der Waals surface area contributed by atoms with E-state index in [1.807, 2.05) is 12.1 Å². The maximum absolute atomic E-state index is 11.7. The van der Waals surface area contributed by atoms with E-state index in [-0.39, 0.29) is 5.92 Å².